The molecule has 2 atom stereocenters. The van der Waals surface area contributed by atoms with E-state index in [4.69, 9.17) is 21.1 Å². The van der Waals surface area contributed by atoms with Crippen molar-refractivity contribution in [1.82, 2.24) is 10.2 Å². The van der Waals surface area contributed by atoms with Crippen molar-refractivity contribution >= 4 is 39.1 Å². The summed E-state index contributed by atoms with van der Waals surface area (Å²) in [5.74, 6) is -0.161. The van der Waals surface area contributed by atoms with Gasteiger partial charge in [0.25, 0.3) is 0 Å². The van der Waals surface area contributed by atoms with Gasteiger partial charge in [0.1, 0.15) is 12.6 Å². The molecule has 0 saturated carbocycles. The highest BCUT2D eigenvalue weighted by Crippen LogP contribution is 2.32. The summed E-state index contributed by atoms with van der Waals surface area (Å²) in [7, 11) is -0.972. The van der Waals surface area contributed by atoms with Gasteiger partial charge in [-0.25, -0.2) is 8.42 Å². The van der Waals surface area contributed by atoms with E-state index in [2.05, 4.69) is 5.32 Å². The van der Waals surface area contributed by atoms with Crippen molar-refractivity contribution in [2.45, 2.75) is 45.8 Å². The number of halogens is 1. The van der Waals surface area contributed by atoms with Crippen molar-refractivity contribution < 1.29 is 27.5 Å². The van der Waals surface area contributed by atoms with Crippen LogP contribution in [0.2, 0.25) is 5.02 Å². The van der Waals surface area contributed by atoms with Gasteiger partial charge in [0.05, 0.1) is 26.2 Å². The Morgan fingerprint density at radius 2 is 1.72 bits per heavy atom. The van der Waals surface area contributed by atoms with Gasteiger partial charge in [-0.2, -0.15) is 0 Å². The Kier molecular flexibility index (Phi) is 10.4. The molecule has 0 aliphatic rings. The first-order chi connectivity index (χ1) is 16.9. The number of rotatable bonds is 12. The van der Waals surface area contributed by atoms with Crippen LogP contribution in [0.1, 0.15) is 32.8 Å². The summed E-state index contributed by atoms with van der Waals surface area (Å²) in [5, 5.41) is 3.37. The number of amides is 2. The Bertz CT molecular complexity index is 1170. The number of hydrogen-bond donors (Lipinski definition) is 1. The molecule has 1 N–H and O–H groups in total. The summed E-state index contributed by atoms with van der Waals surface area (Å²) >= 11 is 6.12. The molecule has 0 unspecified atom stereocenters. The van der Waals surface area contributed by atoms with Crippen molar-refractivity contribution in [3.63, 3.8) is 0 Å². The molecule has 11 heteroatoms. The number of methoxy groups -OCH3 is 2. The SMILES string of the molecule is CC[C@@H](C)NC(=O)[C@H](C)N(Cc1cccc(Cl)c1)C(=O)CN(c1ccc(OC)c(OC)c1)S(C)(=O)=O. The van der Waals surface area contributed by atoms with Gasteiger partial charge in [-0.3, -0.25) is 13.9 Å². The zero-order valence-electron chi connectivity index (χ0n) is 21.4. The molecule has 0 heterocycles. The number of carbonyl (C=O) groups is 2. The van der Waals surface area contributed by atoms with E-state index < -0.39 is 28.5 Å². The maximum atomic E-state index is 13.6. The van der Waals surface area contributed by atoms with E-state index in [9.17, 15) is 18.0 Å². The molecule has 0 aromatic heterocycles. The van der Waals surface area contributed by atoms with E-state index in [1.54, 1.807) is 37.3 Å². The van der Waals surface area contributed by atoms with Crippen LogP contribution in [0.25, 0.3) is 0 Å². The highest BCUT2D eigenvalue weighted by atomic mass is 35.5. The topological polar surface area (TPSA) is 105 Å². The molecule has 198 valence electrons. The number of ether oxygens (including phenoxy) is 2. The smallest absolute Gasteiger partial charge is 0.244 e. The Balaban J connectivity index is 2.44. The normalized spacial score (nSPS) is 12.9. The minimum absolute atomic E-state index is 0.0675. The van der Waals surface area contributed by atoms with E-state index in [-0.39, 0.29) is 24.2 Å². The highest BCUT2D eigenvalue weighted by molar-refractivity contribution is 7.92. The monoisotopic (exact) mass is 539 g/mol. The first-order valence-electron chi connectivity index (χ1n) is 11.4. The Morgan fingerprint density at radius 1 is 1.06 bits per heavy atom. The van der Waals surface area contributed by atoms with Crippen LogP contribution in [0.4, 0.5) is 5.69 Å². The zero-order chi connectivity index (χ0) is 27.0. The second-order valence-electron chi connectivity index (χ2n) is 8.45. The third-order valence-electron chi connectivity index (χ3n) is 5.74. The summed E-state index contributed by atoms with van der Waals surface area (Å²) in [6.45, 7) is 4.98. The van der Waals surface area contributed by atoms with Gasteiger partial charge in [0, 0.05) is 23.7 Å². The Morgan fingerprint density at radius 3 is 2.28 bits per heavy atom. The first kappa shape index (κ1) is 29.3. The molecule has 9 nitrogen and oxygen atoms in total. The van der Waals surface area contributed by atoms with Crippen molar-refractivity contribution in [3.05, 3.63) is 53.1 Å². The van der Waals surface area contributed by atoms with Gasteiger partial charge in [-0.15, -0.1) is 0 Å². The van der Waals surface area contributed by atoms with Gasteiger partial charge in [0.15, 0.2) is 11.5 Å². The van der Waals surface area contributed by atoms with Crippen LogP contribution in [0.15, 0.2) is 42.5 Å². The number of nitrogens with one attached hydrogen (secondary N) is 1. The van der Waals surface area contributed by atoms with Gasteiger partial charge >= 0.3 is 0 Å². The second kappa shape index (κ2) is 12.8. The van der Waals surface area contributed by atoms with E-state index in [1.165, 1.54) is 31.3 Å². The van der Waals surface area contributed by atoms with E-state index in [0.29, 0.717) is 22.1 Å². The molecule has 36 heavy (non-hydrogen) atoms. The lowest BCUT2D eigenvalue weighted by Gasteiger charge is -2.32. The summed E-state index contributed by atoms with van der Waals surface area (Å²) < 4.78 is 36.9. The fraction of sp³-hybridized carbons (Fsp3) is 0.440. The lowest BCUT2D eigenvalue weighted by molar-refractivity contribution is -0.139. The van der Waals surface area contributed by atoms with Crippen molar-refractivity contribution in [2.24, 2.45) is 0 Å². The van der Waals surface area contributed by atoms with Crippen molar-refractivity contribution in [2.75, 3.05) is 31.3 Å². The van der Waals surface area contributed by atoms with Crippen LogP contribution in [-0.4, -0.2) is 64.2 Å². The number of anilines is 1. The Labute approximate surface area is 218 Å². The van der Waals surface area contributed by atoms with Gasteiger partial charge in [-0.1, -0.05) is 30.7 Å². The fourth-order valence-electron chi connectivity index (χ4n) is 3.47. The standard InChI is InChI=1S/C25H34ClN3O6S/c1-7-17(2)27-25(31)18(3)28(15-19-9-8-10-20(26)13-19)24(30)16-29(36(6,32)33)21-11-12-22(34-4)23(14-21)35-5/h8-14,17-18H,7,15-16H2,1-6H3,(H,27,31)/t17-,18+/m1/s1. The van der Waals surface area contributed by atoms with Crippen LogP contribution >= 0.6 is 11.6 Å². The summed E-state index contributed by atoms with van der Waals surface area (Å²) in [6, 6.07) is 10.6. The number of carbonyl (C=O) groups excluding carboxylic acids is 2. The predicted octanol–water partition coefficient (Wildman–Crippen LogP) is 3.46. The molecular weight excluding hydrogens is 506 g/mol. The summed E-state index contributed by atoms with van der Waals surface area (Å²) in [4.78, 5) is 27.9. The predicted molar refractivity (Wildman–Crippen MR) is 141 cm³/mol. The first-order valence-corrected chi connectivity index (χ1v) is 13.7. The maximum Gasteiger partial charge on any atom is 0.244 e. The summed E-state index contributed by atoms with van der Waals surface area (Å²) in [6.07, 6.45) is 1.74. The lowest BCUT2D eigenvalue weighted by atomic mass is 10.1. The molecule has 0 saturated heterocycles. The van der Waals surface area contributed by atoms with Crippen LogP contribution in [0, 0.1) is 0 Å². The second-order valence-corrected chi connectivity index (χ2v) is 10.8. The maximum absolute atomic E-state index is 13.6. The van der Waals surface area contributed by atoms with Crippen molar-refractivity contribution in [1.29, 1.82) is 0 Å². The molecule has 0 bridgehead atoms. The number of hydrogen-bond acceptors (Lipinski definition) is 6. The van der Waals surface area contributed by atoms with Gasteiger partial charge in [0.2, 0.25) is 21.8 Å². The average molecular weight is 540 g/mol. The highest BCUT2D eigenvalue weighted by Gasteiger charge is 2.30. The molecule has 2 aromatic carbocycles. The van der Waals surface area contributed by atoms with Gasteiger partial charge < -0.3 is 19.7 Å². The van der Waals surface area contributed by atoms with Crippen LogP contribution in [0.5, 0.6) is 11.5 Å². The average Bonchev–Trinajstić information content (AvgIpc) is 2.83. The molecular formula is C25H34ClN3O6S. The van der Waals surface area contributed by atoms with E-state index in [1.807, 2.05) is 13.8 Å². The number of nitrogens with zero attached hydrogens (tertiary/aromatic N) is 2. The molecule has 0 radical (unpaired) electrons. The molecule has 0 aliphatic carbocycles. The fourth-order valence-corrected chi connectivity index (χ4v) is 4.53. The minimum Gasteiger partial charge on any atom is -0.493 e. The molecule has 2 rings (SSSR count). The van der Waals surface area contributed by atoms with Crippen molar-refractivity contribution in [3.8, 4) is 11.5 Å². The van der Waals surface area contributed by atoms with Crippen LogP contribution < -0.4 is 19.1 Å². The van der Waals surface area contributed by atoms with Crippen LogP contribution in [0.3, 0.4) is 0 Å². The molecule has 0 fully saturated rings. The minimum atomic E-state index is -3.87. The number of benzene rings is 2. The molecule has 0 spiro atoms. The van der Waals surface area contributed by atoms with Gasteiger partial charge in [-0.05, 0) is 50.1 Å². The molecule has 2 aromatic rings. The van der Waals surface area contributed by atoms with E-state index in [0.717, 1.165) is 17.0 Å². The van der Waals surface area contributed by atoms with Crippen LogP contribution in [-0.2, 0) is 26.2 Å². The van der Waals surface area contributed by atoms with E-state index >= 15 is 0 Å². The lowest BCUT2D eigenvalue weighted by Crippen LogP contribution is -2.52. The quantitative estimate of drug-likeness (QED) is 0.443. The zero-order valence-corrected chi connectivity index (χ0v) is 23.0. The number of sulfonamides is 1. The molecule has 0 aliphatic heterocycles. The molecule has 2 amide bonds. The third kappa shape index (κ3) is 7.76. The third-order valence-corrected chi connectivity index (χ3v) is 7.12. The summed E-state index contributed by atoms with van der Waals surface area (Å²) in [5.41, 5.74) is 0.930. The Hall–Kier alpha value is -2.98. The largest absolute Gasteiger partial charge is 0.493 e.